The maximum absolute atomic E-state index is 14.8. The molecule has 0 atom stereocenters. The van der Waals surface area contributed by atoms with Crippen LogP contribution in [0.5, 0.6) is 0 Å². The van der Waals surface area contributed by atoms with Crippen LogP contribution in [0.1, 0.15) is 29.2 Å². The lowest BCUT2D eigenvalue weighted by Gasteiger charge is -2.22. The average Bonchev–Trinajstić information content (AvgIpc) is 2.66. The van der Waals surface area contributed by atoms with Gasteiger partial charge in [-0.05, 0) is 76.9 Å². The Bertz CT molecular complexity index is 1090. The Kier molecular flexibility index (Phi) is 4.24. The highest BCUT2D eigenvalue weighted by molar-refractivity contribution is 5.78. The van der Waals surface area contributed by atoms with Gasteiger partial charge in [-0.15, -0.1) is 0 Å². The highest BCUT2D eigenvalue weighted by atomic mass is 19.1. The Morgan fingerprint density at radius 2 is 1.48 bits per heavy atom. The number of aryl methyl sites for hydroxylation is 3. The number of hydrogen-bond acceptors (Lipinski definition) is 1. The molecule has 27 heavy (non-hydrogen) atoms. The van der Waals surface area contributed by atoms with Crippen LogP contribution in [0.25, 0.3) is 22.3 Å². The minimum Gasteiger partial charge on any atom is -0.206 e. The van der Waals surface area contributed by atoms with Crippen LogP contribution in [-0.2, 0) is 19.3 Å². The zero-order chi connectivity index (χ0) is 19.1. The van der Waals surface area contributed by atoms with Crippen molar-refractivity contribution in [2.75, 3.05) is 0 Å². The van der Waals surface area contributed by atoms with Crippen LogP contribution in [-0.4, -0.2) is 0 Å². The van der Waals surface area contributed by atoms with E-state index in [1.54, 1.807) is 6.07 Å². The van der Waals surface area contributed by atoms with Gasteiger partial charge in [-0.2, -0.15) is 5.26 Å². The number of benzene rings is 3. The van der Waals surface area contributed by atoms with Crippen LogP contribution in [0.3, 0.4) is 0 Å². The molecule has 1 nitrogen and oxygen atoms in total. The fourth-order valence-electron chi connectivity index (χ4n) is 3.74. The molecule has 4 heteroatoms. The summed E-state index contributed by atoms with van der Waals surface area (Å²) in [4.78, 5) is 0. The van der Waals surface area contributed by atoms with Crippen LogP contribution in [0.4, 0.5) is 13.2 Å². The van der Waals surface area contributed by atoms with E-state index in [1.165, 1.54) is 23.3 Å². The van der Waals surface area contributed by atoms with Crippen molar-refractivity contribution in [2.24, 2.45) is 0 Å². The summed E-state index contributed by atoms with van der Waals surface area (Å²) >= 11 is 0. The largest absolute Gasteiger partial charge is 0.206 e. The normalized spacial score (nSPS) is 12.3. The average molecular weight is 363 g/mol. The van der Waals surface area contributed by atoms with Crippen molar-refractivity contribution in [3.63, 3.8) is 0 Å². The van der Waals surface area contributed by atoms with Gasteiger partial charge in [-0.3, -0.25) is 0 Å². The lowest BCUT2D eigenvalue weighted by atomic mass is 9.83. The van der Waals surface area contributed by atoms with Crippen LogP contribution >= 0.6 is 0 Å². The van der Waals surface area contributed by atoms with E-state index in [1.807, 2.05) is 12.1 Å². The van der Waals surface area contributed by atoms with E-state index in [4.69, 9.17) is 5.26 Å². The third kappa shape index (κ3) is 2.90. The van der Waals surface area contributed by atoms with Crippen molar-refractivity contribution < 1.29 is 13.2 Å². The van der Waals surface area contributed by atoms with Crippen molar-refractivity contribution in [3.05, 3.63) is 82.2 Å². The number of hydrogen-bond donors (Lipinski definition) is 0. The predicted octanol–water partition coefficient (Wildman–Crippen LogP) is 5.97. The molecule has 0 fully saturated rings. The van der Waals surface area contributed by atoms with E-state index in [2.05, 4.69) is 13.0 Å². The minimum absolute atomic E-state index is 0.0939. The van der Waals surface area contributed by atoms with Crippen molar-refractivity contribution in [3.8, 4) is 28.3 Å². The molecule has 0 saturated carbocycles. The van der Waals surface area contributed by atoms with Crippen molar-refractivity contribution in [1.29, 1.82) is 5.26 Å². The third-order valence-electron chi connectivity index (χ3n) is 5.19. The standard InChI is InChI=1S/C23H16F3N/c1-2-13-3-6-17-14(7-13)4-5-15-8-19(23(26)11-18(15)17)16-9-21(24)20(12-27)22(25)10-16/h3,6-11H,2,4-5H2,1H3. The Labute approximate surface area is 155 Å². The van der Waals surface area contributed by atoms with Crippen LogP contribution in [0.15, 0.2) is 42.5 Å². The molecule has 0 aromatic heterocycles. The Morgan fingerprint density at radius 3 is 2.11 bits per heavy atom. The Balaban J connectivity index is 1.85. The first kappa shape index (κ1) is 17.4. The summed E-state index contributed by atoms with van der Waals surface area (Å²) < 4.78 is 42.7. The fourth-order valence-corrected chi connectivity index (χ4v) is 3.74. The van der Waals surface area contributed by atoms with E-state index in [-0.39, 0.29) is 11.1 Å². The summed E-state index contributed by atoms with van der Waals surface area (Å²) in [6.45, 7) is 2.10. The zero-order valence-corrected chi connectivity index (χ0v) is 14.7. The molecular formula is C23H16F3N. The molecule has 0 unspecified atom stereocenters. The van der Waals surface area contributed by atoms with Gasteiger partial charge in [-0.1, -0.05) is 25.1 Å². The molecule has 134 valence electrons. The van der Waals surface area contributed by atoms with E-state index in [0.29, 0.717) is 0 Å². The number of nitriles is 1. The van der Waals surface area contributed by atoms with Gasteiger partial charge in [-0.25, -0.2) is 13.2 Å². The first-order chi connectivity index (χ1) is 13.0. The molecule has 1 aliphatic carbocycles. The Morgan fingerprint density at radius 1 is 0.815 bits per heavy atom. The molecular weight excluding hydrogens is 347 g/mol. The molecule has 0 radical (unpaired) electrons. The minimum atomic E-state index is -0.984. The second kappa shape index (κ2) is 6.59. The van der Waals surface area contributed by atoms with Gasteiger partial charge >= 0.3 is 0 Å². The Hall–Kier alpha value is -3.06. The number of fused-ring (bicyclic) bond motifs is 3. The van der Waals surface area contributed by atoms with E-state index in [9.17, 15) is 13.2 Å². The van der Waals surface area contributed by atoms with Gasteiger partial charge in [0, 0.05) is 5.56 Å². The maximum Gasteiger partial charge on any atom is 0.144 e. The van der Waals surface area contributed by atoms with E-state index < -0.39 is 23.0 Å². The fraction of sp³-hybridized carbons (Fsp3) is 0.174. The maximum atomic E-state index is 14.8. The topological polar surface area (TPSA) is 23.8 Å². The molecule has 0 saturated heterocycles. The van der Waals surface area contributed by atoms with E-state index in [0.717, 1.165) is 48.1 Å². The lowest BCUT2D eigenvalue weighted by Crippen LogP contribution is -2.06. The number of nitrogens with zero attached hydrogens (tertiary/aromatic N) is 1. The summed E-state index contributed by atoms with van der Waals surface area (Å²) in [5.74, 6) is -2.51. The van der Waals surface area contributed by atoms with Crippen LogP contribution in [0.2, 0.25) is 0 Å². The van der Waals surface area contributed by atoms with Crippen molar-refractivity contribution in [1.82, 2.24) is 0 Å². The van der Waals surface area contributed by atoms with Gasteiger partial charge in [0.25, 0.3) is 0 Å². The summed E-state index contributed by atoms with van der Waals surface area (Å²) in [5.41, 5.74) is 4.82. The number of rotatable bonds is 2. The third-order valence-corrected chi connectivity index (χ3v) is 5.19. The van der Waals surface area contributed by atoms with Gasteiger partial charge in [0.05, 0.1) is 0 Å². The first-order valence-corrected chi connectivity index (χ1v) is 8.86. The van der Waals surface area contributed by atoms with Crippen LogP contribution in [0, 0.1) is 28.8 Å². The molecule has 0 aliphatic heterocycles. The highest BCUT2D eigenvalue weighted by Gasteiger charge is 2.21. The lowest BCUT2D eigenvalue weighted by molar-refractivity contribution is 0.577. The second-order valence-corrected chi connectivity index (χ2v) is 6.76. The monoisotopic (exact) mass is 363 g/mol. The molecule has 0 amide bonds. The molecule has 0 spiro atoms. The quantitative estimate of drug-likeness (QED) is 0.550. The highest BCUT2D eigenvalue weighted by Crippen LogP contribution is 2.38. The van der Waals surface area contributed by atoms with E-state index >= 15 is 0 Å². The summed E-state index contributed by atoms with van der Waals surface area (Å²) in [6, 6.07) is 12.8. The van der Waals surface area contributed by atoms with Crippen molar-refractivity contribution >= 4 is 0 Å². The molecule has 0 N–H and O–H groups in total. The molecule has 1 aliphatic rings. The summed E-state index contributed by atoms with van der Waals surface area (Å²) in [5, 5.41) is 8.80. The summed E-state index contributed by atoms with van der Waals surface area (Å²) in [6.07, 6.45) is 2.53. The molecule has 0 bridgehead atoms. The van der Waals surface area contributed by atoms with Gasteiger partial charge in [0.2, 0.25) is 0 Å². The SMILES string of the molecule is CCc1ccc2c(c1)CCc1cc(-c3cc(F)c(C#N)c(F)c3)c(F)cc1-2. The second-order valence-electron chi connectivity index (χ2n) is 6.76. The number of halogens is 3. The molecule has 0 heterocycles. The van der Waals surface area contributed by atoms with Crippen molar-refractivity contribution in [2.45, 2.75) is 26.2 Å². The van der Waals surface area contributed by atoms with Gasteiger partial charge in [0.15, 0.2) is 0 Å². The molecule has 3 aromatic carbocycles. The summed E-state index contributed by atoms with van der Waals surface area (Å²) in [7, 11) is 0. The predicted molar refractivity (Wildman–Crippen MR) is 98.7 cm³/mol. The van der Waals surface area contributed by atoms with Crippen LogP contribution < -0.4 is 0 Å². The van der Waals surface area contributed by atoms with Gasteiger partial charge in [0.1, 0.15) is 29.1 Å². The smallest absolute Gasteiger partial charge is 0.144 e. The molecule has 4 rings (SSSR count). The zero-order valence-electron chi connectivity index (χ0n) is 14.7. The van der Waals surface area contributed by atoms with Gasteiger partial charge < -0.3 is 0 Å². The first-order valence-electron chi connectivity index (χ1n) is 8.86. The molecule has 3 aromatic rings.